The van der Waals surface area contributed by atoms with E-state index >= 15 is 0 Å². The summed E-state index contributed by atoms with van der Waals surface area (Å²) in [6.07, 6.45) is 3.55. The number of likely N-dealkylation sites (tertiary alicyclic amines) is 1. The van der Waals surface area contributed by atoms with E-state index in [1.54, 1.807) is 0 Å². The van der Waals surface area contributed by atoms with Gasteiger partial charge >= 0.3 is 0 Å². The van der Waals surface area contributed by atoms with Gasteiger partial charge in [-0.2, -0.15) is 0 Å². The van der Waals surface area contributed by atoms with Gasteiger partial charge in [0.05, 0.1) is 13.2 Å². The molecule has 2 aromatic rings. The average molecular weight is 495 g/mol. The van der Waals surface area contributed by atoms with Crippen LogP contribution in [0, 0.1) is 32.6 Å². The Morgan fingerprint density at radius 1 is 1.03 bits per heavy atom. The maximum Gasteiger partial charge on any atom is 0.164 e. The van der Waals surface area contributed by atoms with Crippen molar-refractivity contribution in [1.29, 1.82) is 0 Å². The summed E-state index contributed by atoms with van der Waals surface area (Å²) in [6.45, 7) is 23.6. The molecule has 36 heavy (non-hydrogen) atoms. The van der Waals surface area contributed by atoms with Gasteiger partial charge < -0.3 is 9.47 Å². The lowest BCUT2D eigenvalue weighted by Crippen LogP contribution is -2.30. The van der Waals surface area contributed by atoms with Crippen LogP contribution in [0.5, 0.6) is 11.5 Å². The van der Waals surface area contributed by atoms with Gasteiger partial charge in [-0.25, -0.2) is 0 Å². The Balaban J connectivity index is 0.00000176. The summed E-state index contributed by atoms with van der Waals surface area (Å²) in [4.78, 5) is 5.31. The van der Waals surface area contributed by atoms with Crippen molar-refractivity contribution >= 4 is 0 Å². The number of hydrogen-bond acceptors (Lipinski definition) is 4. The van der Waals surface area contributed by atoms with E-state index in [0.29, 0.717) is 5.92 Å². The SMILES string of the molecule is CC.Cc1cccc(CN2CC[C@@H](CCN(Cc3cc(C)c4c(c3)OCCCO4)CC(C)C)C2)c1C. The molecule has 1 fully saturated rings. The number of hydrogen-bond donors (Lipinski definition) is 0. The zero-order valence-corrected chi connectivity index (χ0v) is 24.0. The van der Waals surface area contributed by atoms with Crippen molar-refractivity contribution in [2.24, 2.45) is 11.8 Å². The lowest BCUT2D eigenvalue weighted by Gasteiger charge is -2.26. The Labute approximate surface area is 221 Å². The summed E-state index contributed by atoms with van der Waals surface area (Å²) in [5, 5.41) is 0. The van der Waals surface area contributed by atoms with Gasteiger partial charge in [-0.3, -0.25) is 9.80 Å². The number of fused-ring (bicyclic) bond motifs is 1. The van der Waals surface area contributed by atoms with Crippen molar-refractivity contribution in [2.75, 3.05) is 39.4 Å². The van der Waals surface area contributed by atoms with Gasteiger partial charge in [0.25, 0.3) is 0 Å². The fourth-order valence-electron chi connectivity index (χ4n) is 5.50. The van der Waals surface area contributed by atoms with Gasteiger partial charge in [0.2, 0.25) is 0 Å². The van der Waals surface area contributed by atoms with E-state index in [-0.39, 0.29) is 0 Å². The maximum absolute atomic E-state index is 6.00. The van der Waals surface area contributed by atoms with Crippen LogP contribution in [0.4, 0.5) is 0 Å². The fraction of sp³-hybridized carbons (Fsp3) is 0.625. The molecule has 0 bridgehead atoms. The van der Waals surface area contributed by atoms with Crippen LogP contribution in [-0.2, 0) is 13.1 Å². The second-order valence-electron chi connectivity index (χ2n) is 11.0. The van der Waals surface area contributed by atoms with Gasteiger partial charge in [0.1, 0.15) is 0 Å². The highest BCUT2D eigenvalue weighted by Gasteiger charge is 2.24. The molecule has 2 aliphatic heterocycles. The quantitative estimate of drug-likeness (QED) is 0.369. The third-order valence-corrected chi connectivity index (χ3v) is 7.46. The van der Waals surface area contributed by atoms with Crippen LogP contribution in [0.3, 0.4) is 0 Å². The standard InChI is InChI=1S/C30H44N2O2.C2H6/c1-22(2)18-31(20-27-16-24(4)30-29(17-27)33-14-7-15-34-30)12-10-26-11-13-32(19-26)21-28-9-6-8-23(3)25(28)5;1-2/h6,8-9,16-17,22,26H,7,10-15,18-21H2,1-5H3;1-2H3/t26-;/m1./s1. The average Bonchev–Trinajstić information content (AvgIpc) is 3.15. The Kier molecular flexibility index (Phi) is 11.1. The first-order chi connectivity index (χ1) is 17.4. The Bertz CT molecular complexity index is 955. The fourth-order valence-corrected chi connectivity index (χ4v) is 5.50. The molecule has 4 nitrogen and oxygen atoms in total. The topological polar surface area (TPSA) is 24.9 Å². The van der Waals surface area contributed by atoms with E-state index in [1.807, 2.05) is 13.8 Å². The predicted molar refractivity (Wildman–Crippen MR) is 152 cm³/mol. The summed E-state index contributed by atoms with van der Waals surface area (Å²) in [7, 11) is 0. The second kappa shape index (κ2) is 14.0. The Morgan fingerprint density at radius 3 is 2.58 bits per heavy atom. The molecule has 0 spiro atoms. The molecule has 0 saturated carbocycles. The normalized spacial score (nSPS) is 17.8. The van der Waals surface area contributed by atoms with Crippen LogP contribution in [0.1, 0.15) is 74.8 Å². The minimum absolute atomic E-state index is 0.658. The molecule has 1 saturated heterocycles. The minimum Gasteiger partial charge on any atom is -0.490 e. The molecule has 4 rings (SSSR count). The van der Waals surface area contributed by atoms with Crippen molar-refractivity contribution in [3.8, 4) is 11.5 Å². The van der Waals surface area contributed by atoms with E-state index in [2.05, 4.69) is 74.8 Å². The molecule has 0 aromatic heterocycles. The lowest BCUT2D eigenvalue weighted by molar-refractivity contribution is 0.216. The molecule has 0 radical (unpaired) electrons. The predicted octanol–water partition coefficient (Wildman–Crippen LogP) is 7.17. The summed E-state index contributed by atoms with van der Waals surface area (Å²) >= 11 is 0. The Morgan fingerprint density at radius 2 is 1.81 bits per heavy atom. The van der Waals surface area contributed by atoms with Crippen molar-refractivity contribution in [1.82, 2.24) is 9.80 Å². The van der Waals surface area contributed by atoms with Gasteiger partial charge in [-0.15, -0.1) is 0 Å². The first-order valence-electron chi connectivity index (χ1n) is 14.3. The molecular formula is C32H50N2O2. The first kappa shape index (κ1) is 28.5. The minimum atomic E-state index is 0.658. The molecule has 0 aliphatic carbocycles. The van der Waals surface area contributed by atoms with Crippen LogP contribution in [0.15, 0.2) is 30.3 Å². The lowest BCUT2D eigenvalue weighted by atomic mass is 10.0. The molecule has 2 aromatic carbocycles. The van der Waals surface area contributed by atoms with E-state index in [1.165, 1.54) is 53.7 Å². The van der Waals surface area contributed by atoms with Gasteiger partial charge in [0.15, 0.2) is 11.5 Å². The van der Waals surface area contributed by atoms with Crippen LogP contribution < -0.4 is 9.47 Å². The molecule has 0 unspecified atom stereocenters. The van der Waals surface area contributed by atoms with Crippen LogP contribution >= 0.6 is 0 Å². The van der Waals surface area contributed by atoms with Gasteiger partial charge in [-0.05, 0) is 92.4 Å². The summed E-state index contributed by atoms with van der Waals surface area (Å²) in [5.74, 6) is 3.32. The van der Waals surface area contributed by atoms with E-state index < -0.39 is 0 Å². The molecule has 0 N–H and O–H groups in total. The highest BCUT2D eigenvalue weighted by atomic mass is 16.5. The maximum atomic E-state index is 6.00. The van der Waals surface area contributed by atoms with Crippen LogP contribution in [0.2, 0.25) is 0 Å². The zero-order valence-electron chi connectivity index (χ0n) is 24.0. The smallest absolute Gasteiger partial charge is 0.164 e. The zero-order chi connectivity index (χ0) is 26.1. The number of aryl methyl sites for hydroxylation is 2. The summed E-state index contributed by atoms with van der Waals surface area (Å²) in [6, 6.07) is 11.2. The molecule has 0 amide bonds. The van der Waals surface area contributed by atoms with Crippen molar-refractivity contribution in [3.05, 3.63) is 58.1 Å². The molecule has 2 heterocycles. The second-order valence-corrected chi connectivity index (χ2v) is 11.0. The molecular weight excluding hydrogens is 444 g/mol. The van der Waals surface area contributed by atoms with Crippen molar-refractivity contribution < 1.29 is 9.47 Å². The number of benzene rings is 2. The van der Waals surface area contributed by atoms with E-state index in [4.69, 9.17) is 9.47 Å². The number of nitrogens with zero attached hydrogens (tertiary/aromatic N) is 2. The van der Waals surface area contributed by atoms with Gasteiger partial charge in [-0.1, -0.05) is 52.0 Å². The third kappa shape index (κ3) is 7.98. The molecule has 1 atom stereocenters. The number of rotatable bonds is 9. The largest absolute Gasteiger partial charge is 0.490 e. The highest BCUT2D eigenvalue weighted by Crippen LogP contribution is 2.35. The van der Waals surface area contributed by atoms with Crippen molar-refractivity contribution in [2.45, 2.75) is 80.8 Å². The van der Waals surface area contributed by atoms with Crippen LogP contribution in [0.25, 0.3) is 0 Å². The van der Waals surface area contributed by atoms with Crippen molar-refractivity contribution in [3.63, 3.8) is 0 Å². The van der Waals surface area contributed by atoms with E-state index in [0.717, 1.165) is 63.2 Å². The molecule has 4 heteroatoms. The Hall–Kier alpha value is -2.04. The van der Waals surface area contributed by atoms with Crippen LogP contribution in [-0.4, -0.2) is 49.2 Å². The molecule has 2 aliphatic rings. The molecule has 200 valence electrons. The number of ether oxygens (including phenoxy) is 2. The summed E-state index contributed by atoms with van der Waals surface area (Å²) < 4.78 is 11.9. The highest BCUT2D eigenvalue weighted by molar-refractivity contribution is 5.49. The van der Waals surface area contributed by atoms with E-state index in [9.17, 15) is 0 Å². The van der Waals surface area contributed by atoms with Gasteiger partial charge in [0, 0.05) is 32.6 Å². The summed E-state index contributed by atoms with van der Waals surface area (Å²) in [5.41, 5.74) is 6.89. The third-order valence-electron chi connectivity index (χ3n) is 7.46. The monoisotopic (exact) mass is 494 g/mol. The first-order valence-corrected chi connectivity index (χ1v) is 14.3.